The van der Waals surface area contributed by atoms with Gasteiger partial charge >= 0.3 is 0 Å². The number of guanidine groups is 2. The number of hydrogen-bond donors (Lipinski definition) is 6. The Bertz CT molecular complexity index is 1520. The highest BCUT2D eigenvalue weighted by Gasteiger charge is 2.17. The Hall–Kier alpha value is -4.80. The van der Waals surface area contributed by atoms with Crippen molar-refractivity contribution >= 4 is 45.4 Å². The zero-order valence-electron chi connectivity index (χ0n) is 21.8. The fourth-order valence-corrected chi connectivity index (χ4v) is 4.66. The molecular weight excluding hydrogens is 494 g/mol. The second-order valence-electron chi connectivity index (χ2n) is 9.37. The van der Waals surface area contributed by atoms with Crippen LogP contribution < -0.4 is 28.3 Å². The number of hydrogen-bond acceptors (Lipinski definition) is 4. The number of amides is 1. The highest BCUT2D eigenvalue weighted by atomic mass is 16.2. The molecule has 0 bridgehead atoms. The van der Waals surface area contributed by atoms with E-state index in [4.69, 9.17) is 22.9 Å². The Balaban J connectivity index is 1.49. The van der Waals surface area contributed by atoms with Crippen LogP contribution in [0.25, 0.3) is 21.8 Å². The molecule has 2 aromatic carbocycles. The smallest absolute Gasteiger partial charge is 0.267 e. The molecule has 2 heterocycles. The Morgan fingerprint density at radius 1 is 0.949 bits per heavy atom. The number of carbonyl (C=O) groups is 2. The van der Waals surface area contributed by atoms with Gasteiger partial charge in [-0.2, -0.15) is 0 Å². The first-order valence-electron chi connectivity index (χ1n) is 12.9. The minimum atomic E-state index is -0.164. The number of benzene rings is 2. The Morgan fingerprint density at radius 3 is 2.51 bits per heavy atom. The third-order valence-electron chi connectivity index (χ3n) is 6.47. The number of nitrogens with one attached hydrogen (secondary N) is 2. The quantitative estimate of drug-likeness (QED) is 0.0862. The number of aliphatic imine (C=N–C) groups is 2. The van der Waals surface area contributed by atoms with Gasteiger partial charge in [0.05, 0.1) is 0 Å². The van der Waals surface area contributed by atoms with Crippen molar-refractivity contribution in [3.05, 3.63) is 71.5 Å². The molecule has 0 saturated heterocycles. The van der Waals surface area contributed by atoms with Gasteiger partial charge in [-0.15, -0.1) is 0 Å². The monoisotopic (exact) mass is 529 g/mol. The highest BCUT2D eigenvalue weighted by Crippen LogP contribution is 2.23. The van der Waals surface area contributed by atoms with E-state index in [9.17, 15) is 9.59 Å². The van der Waals surface area contributed by atoms with E-state index in [1.165, 1.54) is 0 Å². The SMILES string of the molecule is NC(N)=NCCCn1c(C(=O)NCCc2c[nH]c3ccccc23)cc2cc(CC(=O)CCN=C(N)N)ccc21. The predicted molar refractivity (Wildman–Crippen MR) is 156 cm³/mol. The predicted octanol–water partition coefficient (Wildman–Crippen LogP) is 1.53. The normalized spacial score (nSPS) is 11.0. The molecule has 0 spiro atoms. The fourth-order valence-electron chi connectivity index (χ4n) is 4.66. The van der Waals surface area contributed by atoms with Crippen molar-refractivity contribution in [1.29, 1.82) is 0 Å². The largest absolute Gasteiger partial charge is 0.370 e. The second-order valence-corrected chi connectivity index (χ2v) is 9.37. The minimum Gasteiger partial charge on any atom is -0.370 e. The maximum Gasteiger partial charge on any atom is 0.267 e. The number of aromatic amines is 1. The summed E-state index contributed by atoms with van der Waals surface area (Å²) in [5.74, 6) is -0.122. The number of Topliss-reactive ketones (excluding diaryl/α,β-unsaturated/α-hetero) is 1. The van der Waals surface area contributed by atoms with Crippen LogP contribution in [0, 0.1) is 0 Å². The first-order chi connectivity index (χ1) is 18.8. The number of fused-ring (bicyclic) bond motifs is 2. The summed E-state index contributed by atoms with van der Waals surface area (Å²) in [6.07, 6.45) is 3.86. The van der Waals surface area contributed by atoms with Gasteiger partial charge in [-0.3, -0.25) is 19.6 Å². The summed E-state index contributed by atoms with van der Waals surface area (Å²) in [7, 11) is 0. The molecule has 0 aliphatic heterocycles. The molecule has 4 rings (SSSR count). The van der Waals surface area contributed by atoms with Crippen LogP contribution in [0.4, 0.5) is 0 Å². The van der Waals surface area contributed by atoms with E-state index >= 15 is 0 Å². The van der Waals surface area contributed by atoms with E-state index in [0.717, 1.165) is 32.9 Å². The number of nitrogens with two attached hydrogens (primary N) is 4. The lowest BCUT2D eigenvalue weighted by Crippen LogP contribution is -2.28. The third-order valence-corrected chi connectivity index (χ3v) is 6.47. The van der Waals surface area contributed by atoms with Crippen molar-refractivity contribution in [2.75, 3.05) is 19.6 Å². The van der Waals surface area contributed by atoms with E-state index in [0.29, 0.717) is 38.2 Å². The van der Waals surface area contributed by atoms with Gasteiger partial charge in [0, 0.05) is 67.0 Å². The van der Waals surface area contributed by atoms with Gasteiger partial charge in [-0.05, 0) is 48.2 Å². The molecule has 39 heavy (non-hydrogen) atoms. The molecular formula is C28H35N9O2. The van der Waals surface area contributed by atoms with E-state index in [-0.39, 0.29) is 43.0 Å². The van der Waals surface area contributed by atoms with E-state index in [1.807, 2.05) is 53.2 Å². The molecule has 2 aromatic heterocycles. The number of H-pyrrole nitrogens is 1. The second kappa shape index (κ2) is 12.6. The lowest BCUT2D eigenvalue weighted by atomic mass is 10.1. The van der Waals surface area contributed by atoms with Crippen molar-refractivity contribution in [2.24, 2.45) is 32.9 Å². The van der Waals surface area contributed by atoms with Crippen LogP contribution in [0.5, 0.6) is 0 Å². The maximum absolute atomic E-state index is 13.3. The number of rotatable bonds is 13. The molecule has 11 heteroatoms. The Kier molecular flexibility index (Phi) is 8.82. The van der Waals surface area contributed by atoms with Crippen LogP contribution in [0.1, 0.15) is 34.5 Å². The lowest BCUT2D eigenvalue weighted by Gasteiger charge is -2.11. The van der Waals surface area contributed by atoms with Gasteiger partial charge in [0.1, 0.15) is 11.5 Å². The molecule has 4 aromatic rings. The summed E-state index contributed by atoms with van der Waals surface area (Å²) in [4.78, 5) is 36.9. The topological polar surface area (TPSA) is 196 Å². The van der Waals surface area contributed by atoms with Gasteiger partial charge in [0.25, 0.3) is 5.91 Å². The zero-order valence-corrected chi connectivity index (χ0v) is 21.8. The summed E-state index contributed by atoms with van der Waals surface area (Å²) in [5.41, 5.74) is 26.1. The molecule has 204 valence electrons. The molecule has 0 aliphatic rings. The molecule has 0 radical (unpaired) electrons. The molecule has 0 saturated carbocycles. The van der Waals surface area contributed by atoms with Crippen molar-refractivity contribution in [3.63, 3.8) is 0 Å². The van der Waals surface area contributed by atoms with Crippen LogP contribution in [-0.2, 0) is 24.2 Å². The Labute approximate surface area is 226 Å². The van der Waals surface area contributed by atoms with Crippen molar-refractivity contribution in [2.45, 2.75) is 32.2 Å². The number of para-hydroxylation sites is 1. The van der Waals surface area contributed by atoms with E-state index < -0.39 is 0 Å². The van der Waals surface area contributed by atoms with Gasteiger partial charge in [-0.25, -0.2) is 0 Å². The minimum absolute atomic E-state index is 0.0299. The summed E-state index contributed by atoms with van der Waals surface area (Å²) in [5, 5.41) is 5.10. The summed E-state index contributed by atoms with van der Waals surface area (Å²) in [6.45, 7) is 1.76. The van der Waals surface area contributed by atoms with Crippen LogP contribution in [0.15, 0.2) is 64.7 Å². The van der Waals surface area contributed by atoms with Crippen LogP contribution >= 0.6 is 0 Å². The number of nitrogens with zero attached hydrogens (tertiary/aromatic N) is 3. The first-order valence-corrected chi connectivity index (χ1v) is 12.9. The fraction of sp³-hybridized carbons (Fsp3) is 0.286. The summed E-state index contributed by atoms with van der Waals surface area (Å²) < 4.78 is 1.98. The number of ketones is 1. The van der Waals surface area contributed by atoms with Crippen molar-refractivity contribution in [3.8, 4) is 0 Å². The zero-order chi connectivity index (χ0) is 27.8. The molecule has 0 fully saturated rings. The van der Waals surface area contributed by atoms with Gasteiger partial charge < -0.3 is 37.8 Å². The summed E-state index contributed by atoms with van der Waals surface area (Å²) in [6, 6.07) is 15.8. The van der Waals surface area contributed by atoms with E-state index in [2.05, 4.69) is 26.4 Å². The van der Waals surface area contributed by atoms with Crippen molar-refractivity contribution in [1.82, 2.24) is 14.9 Å². The van der Waals surface area contributed by atoms with Gasteiger partial charge in [0.15, 0.2) is 11.9 Å². The molecule has 10 N–H and O–H groups in total. The van der Waals surface area contributed by atoms with Gasteiger partial charge in [-0.1, -0.05) is 24.3 Å². The molecule has 0 unspecified atom stereocenters. The average Bonchev–Trinajstić information content (AvgIpc) is 3.47. The average molecular weight is 530 g/mol. The third kappa shape index (κ3) is 7.16. The summed E-state index contributed by atoms with van der Waals surface area (Å²) >= 11 is 0. The van der Waals surface area contributed by atoms with Crippen LogP contribution in [0.2, 0.25) is 0 Å². The first kappa shape index (κ1) is 27.2. The van der Waals surface area contributed by atoms with E-state index in [1.54, 1.807) is 0 Å². The number of aromatic nitrogens is 2. The molecule has 0 aliphatic carbocycles. The maximum atomic E-state index is 13.3. The Morgan fingerprint density at radius 2 is 1.72 bits per heavy atom. The molecule has 11 nitrogen and oxygen atoms in total. The lowest BCUT2D eigenvalue weighted by molar-refractivity contribution is -0.118. The van der Waals surface area contributed by atoms with Crippen LogP contribution in [-0.4, -0.2) is 52.8 Å². The number of carbonyl (C=O) groups excluding carboxylic acids is 2. The van der Waals surface area contributed by atoms with Gasteiger partial charge in [0.2, 0.25) is 0 Å². The van der Waals surface area contributed by atoms with Crippen LogP contribution in [0.3, 0.4) is 0 Å². The molecule has 1 amide bonds. The standard InChI is InChI=1S/C28H35N9O2/c29-27(30)34-10-3-13-37-24-7-6-18(15-21(38)9-12-35-28(31)32)14-20(24)16-25(37)26(39)33-11-8-19-17-36-23-5-2-1-4-22(19)23/h1-2,4-7,14,16-17,36H,3,8-13,15H2,(H,33,39)(H4,29,30,34)(H4,31,32,35). The molecule has 0 atom stereocenters. The van der Waals surface area contributed by atoms with Crippen molar-refractivity contribution < 1.29 is 9.59 Å². The highest BCUT2D eigenvalue weighted by molar-refractivity contribution is 5.99. The number of aryl methyl sites for hydroxylation is 1.